The van der Waals surface area contributed by atoms with Gasteiger partial charge < -0.3 is 20.9 Å². The van der Waals surface area contributed by atoms with E-state index in [1.165, 1.54) is 0 Å². The van der Waals surface area contributed by atoms with Crippen LogP contribution in [0, 0.1) is 0 Å². The fraction of sp³-hybridized carbons (Fsp3) is 0.188. The van der Waals surface area contributed by atoms with Crippen LogP contribution in [0.25, 0.3) is 0 Å². The summed E-state index contributed by atoms with van der Waals surface area (Å²) in [5.74, 6) is 1.11. The molecule has 4 N–H and O–H groups in total. The van der Waals surface area contributed by atoms with Crippen LogP contribution < -0.4 is 20.9 Å². The van der Waals surface area contributed by atoms with Gasteiger partial charge in [-0.2, -0.15) is 0 Å². The number of carbonyl (C=O) groups excluding carboxylic acids is 2. The van der Waals surface area contributed by atoms with Crippen LogP contribution in [0.5, 0.6) is 23.0 Å². The normalized spacial score (nSPS) is 12.5. The molecule has 0 saturated carbocycles. The number of fused-ring (bicyclic) bond motifs is 2. The topological polar surface area (TPSA) is 105 Å². The molecule has 0 aliphatic heterocycles. The smallest absolute Gasteiger partial charge is 0.196 e. The van der Waals surface area contributed by atoms with E-state index in [2.05, 4.69) is 27.7 Å². The number of hydrogen-bond donors (Lipinski definition) is 2. The fourth-order valence-electron chi connectivity index (χ4n) is 4.64. The molecule has 1 aliphatic carbocycles. The molecule has 0 radical (unpaired) electrons. The Morgan fingerprint density at radius 3 is 1.21 bits per heavy atom. The highest BCUT2D eigenvalue weighted by molar-refractivity contribution is 6.32. The monoisotopic (exact) mass is 506 g/mol. The molecule has 4 aromatic carbocycles. The largest absolute Gasteiger partial charge is 0.451 e. The summed E-state index contributed by atoms with van der Waals surface area (Å²) in [5, 5.41) is 0. The summed E-state index contributed by atoms with van der Waals surface area (Å²) in [6.07, 6.45) is 0. The van der Waals surface area contributed by atoms with Gasteiger partial charge in [0.25, 0.3) is 0 Å². The number of hydrogen-bond acceptors (Lipinski definition) is 6. The van der Waals surface area contributed by atoms with Crippen molar-refractivity contribution in [3.63, 3.8) is 0 Å². The minimum Gasteiger partial charge on any atom is -0.451 e. The molecule has 6 nitrogen and oxygen atoms in total. The van der Waals surface area contributed by atoms with Crippen molar-refractivity contribution >= 4 is 22.9 Å². The molecular formula is C32H30N2O4. The molecule has 4 aromatic rings. The Morgan fingerprint density at radius 1 is 0.553 bits per heavy atom. The number of nitrogens with two attached hydrogens (primary N) is 2. The number of rotatable bonds is 6. The molecule has 192 valence electrons. The number of ketones is 2. The van der Waals surface area contributed by atoms with Gasteiger partial charge in [0.1, 0.15) is 11.5 Å². The highest BCUT2D eigenvalue weighted by atomic mass is 16.5. The lowest BCUT2D eigenvalue weighted by molar-refractivity contribution is 0.0980. The van der Waals surface area contributed by atoms with Crippen molar-refractivity contribution in [3.05, 3.63) is 106 Å². The zero-order valence-corrected chi connectivity index (χ0v) is 21.9. The molecule has 5 rings (SSSR count). The summed E-state index contributed by atoms with van der Waals surface area (Å²) < 4.78 is 12.5. The first-order valence-electron chi connectivity index (χ1n) is 12.7. The van der Waals surface area contributed by atoms with E-state index in [-0.39, 0.29) is 56.7 Å². The Hall–Kier alpha value is -4.58. The third-order valence-corrected chi connectivity index (χ3v) is 6.89. The standard InChI is InChI=1S/C32H30N2O4/c1-17(2)19-9-13-21(14-10-19)37-31-27(33)25-26(30(36)24-8-6-5-7-23(24)29(25)35)28(34)32(31)38-22-15-11-20(12-16-22)18(3)4/h5-18H,33-34H2,1-4H3. The maximum Gasteiger partial charge on any atom is 0.196 e. The number of benzene rings is 4. The van der Waals surface area contributed by atoms with E-state index in [4.69, 9.17) is 20.9 Å². The quantitative estimate of drug-likeness (QED) is 0.232. The molecule has 0 atom stereocenters. The second kappa shape index (κ2) is 9.71. The zero-order valence-electron chi connectivity index (χ0n) is 21.9. The second-order valence-corrected chi connectivity index (χ2v) is 10.1. The highest BCUT2D eigenvalue weighted by Crippen LogP contribution is 2.50. The van der Waals surface area contributed by atoms with Crippen LogP contribution >= 0.6 is 0 Å². The van der Waals surface area contributed by atoms with Crippen LogP contribution in [0.4, 0.5) is 11.4 Å². The number of nitrogen functional groups attached to an aromatic ring is 2. The van der Waals surface area contributed by atoms with Gasteiger partial charge in [0.05, 0.1) is 22.5 Å². The van der Waals surface area contributed by atoms with Crippen molar-refractivity contribution < 1.29 is 19.1 Å². The Labute approximate surface area is 222 Å². The van der Waals surface area contributed by atoms with E-state index in [1.807, 2.05) is 48.5 Å². The molecule has 0 bridgehead atoms. The van der Waals surface area contributed by atoms with Crippen LogP contribution in [0.15, 0.2) is 72.8 Å². The van der Waals surface area contributed by atoms with Gasteiger partial charge in [0, 0.05) is 11.1 Å². The van der Waals surface area contributed by atoms with Gasteiger partial charge in [0.2, 0.25) is 0 Å². The van der Waals surface area contributed by atoms with Crippen molar-refractivity contribution in [1.82, 2.24) is 0 Å². The molecule has 0 unspecified atom stereocenters. The molecule has 0 fully saturated rings. The fourth-order valence-corrected chi connectivity index (χ4v) is 4.64. The molecule has 0 aromatic heterocycles. The molecule has 6 heteroatoms. The minimum atomic E-state index is -0.382. The first-order chi connectivity index (χ1) is 18.2. The Kier molecular flexibility index (Phi) is 6.41. The van der Waals surface area contributed by atoms with Crippen molar-refractivity contribution in [2.24, 2.45) is 0 Å². The third kappa shape index (κ3) is 4.28. The van der Waals surface area contributed by atoms with E-state index in [0.29, 0.717) is 23.3 Å². The summed E-state index contributed by atoms with van der Waals surface area (Å²) in [6, 6.07) is 21.8. The van der Waals surface area contributed by atoms with Crippen LogP contribution in [-0.4, -0.2) is 11.6 Å². The summed E-state index contributed by atoms with van der Waals surface area (Å²) in [7, 11) is 0. The number of carbonyl (C=O) groups is 2. The SMILES string of the molecule is CC(C)c1ccc(Oc2c(N)c3c(c(N)c2Oc2ccc(C(C)C)cc2)C(=O)c2ccccc2C3=O)cc1. The number of anilines is 2. The van der Waals surface area contributed by atoms with Gasteiger partial charge in [-0.15, -0.1) is 0 Å². The van der Waals surface area contributed by atoms with Gasteiger partial charge in [-0.05, 0) is 47.2 Å². The van der Waals surface area contributed by atoms with Crippen molar-refractivity contribution in [1.29, 1.82) is 0 Å². The van der Waals surface area contributed by atoms with E-state index in [0.717, 1.165) is 11.1 Å². The van der Waals surface area contributed by atoms with Crippen LogP contribution in [-0.2, 0) is 0 Å². The lowest BCUT2D eigenvalue weighted by Crippen LogP contribution is -2.24. The lowest BCUT2D eigenvalue weighted by Gasteiger charge is -2.25. The number of ether oxygens (including phenoxy) is 2. The predicted octanol–water partition coefficient (Wildman–Crippen LogP) is 7.46. The maximum absolute atomic E-state index is 13.5. The maximum atomic E-state index is 13.5. The summed E-state index contributed by atoms with van der Waals surface area (Å²) >= 11 is 0. The van der Waals surface area contributed by atoms with Gasteiger partial charge >= 0.3 is 0 Å². The summed E-state index contributed by atoms with van der Waals surface area (Å²) in [5.41, 5.74) is 16.1. The van der Waals surface area contributed by atoms with Crippen molar-refractivity contribution in [3.8, 4) is 23.0 Å². The Morgan fingerprint density at radius 2 is 0.895 bits per heavy atom. The average molecular weight is 507 g/mol. The third-order valence-electron chi connectivity index (χ3n) is 6.89. The minimum absolute atomic E-state index is 0.00351. The van der Waals surface area contributed by atoms with E-state index in [1.54, 1.807) is 24.3 Å². The van der Waals surface area contributed by atoms with Gasteiger partial charge in [-0.25, -0.2) is 0 Å². The summed E-state index contributed by atoms with van der Waals surface area (Å²) in [6.45, 7) is 8.42. The highest BCUT2D eigenvalue weighted by Gasteiger charge is 2.37. The molecule has 0 heterocycles. The molecule has 38 heavy (non-hydrogen) atoms. The molecular weight excluding hydrogens is 476 g/mol. The van der Waals surface area contributed by atoms with Crippen LogP contribution in [0.1, 0.15) is 82.5 Å². The van der Waals surface area contributed by atoms with E-state index >= 15 is 0 Å². The van der Waals surface area contributed by atoms with Gasteiger partial charge in [-0.3, -0.25) is 9.59 Å². The molecule has 0 saturated heterocycles. The first-order valence-corrected chi connectivity index (χ1v) is 12.7. The molecule has 1 aliphatic rings. The zero-order chi connectivity index (χ0) is 27.1. The van der Waals surface area contributed by atoms with Crippen LogP contribution in [0.3, 0.4) is 0 Å². The van der Waals surface area contributed by atoms with E-state index < -0.39 is 0 Å². The van der Waals surface area contributed by atoms with Crippen molar-refractivity contribution in [2.75, 3.05) is 11.5 Å². The predicted molar refractivity (Wildman–Crippen MR) is 150 cm³/mol. The Bertz CT molecular complexity index is 1430. The molecule has 0 spiro atoms. The average Bonchev–Trinajstić information content (AvgIpc) is 2.91. The lowest BCUT2D eigenvalue weighted by atomic mass is 9.82. The van der Waals surface area contributed by atoms with Gasteiger partial charge in [0.15, 0.2) is 23.1 Å². The van der Waals surface area contributed by atoms with Gasteiger partial charge in [-0.1, -0.05) is 76.2 Å². The summed E-state index contributed by atoms with van der Waals surface area (Å²) in [4.78, 5) is 27.1. The van der Waals surface area contributed by atoms with Crippen LogP contribution in [0.2, 0.25) is 0 Å². The second-order valence-electron chi connectivity index (χ2n) is 10.1. The van der Waals surface area contributed by atoms with Crippen molar-refractivity contribution in [2.45, 2.75) is 39.5 Å². The first kappa shape index (κ1) is 25.1. The molecule has 0 amide bonds. The van der Waals surface area contributed by atoms with E-state index in [9.17, 15) is 9.59 Å². The Balaban J connectivity index is 1.68.